The number of fused-ring (bicyclic) bond motifs is 7. The van der Waals surface area contributed by atoms with Gasteiger partial charge >= 0.3 is 0 Å². The molecule has 8 atom stereocenters. The minimum absolute atomic E-state index is 0.0783. The van der Waals surface area contributed by atoms with Crippen LogP contribution in [0.1, 0.15) is 78.6 Å². The molecule has 0 aromatic heterocycles. The number of carbonyl (C=O) groups excluding carboxylic acids is 1. The van der Waals surface area contributed by atoms with Gasteiger partial charge in [-0.2, -0.15) is 5.26 Å². The molecule has 0 radical (unpaired) electrons. The fourth-order valence-corrected chi connectivity index (χ4v) is 9.07. The van der Waals surface area contributed by atoms with Crippen LogP contribution in [0.25, 0.3) is 0 Å². The molecule has 0 aromatic rings. The van der Waals surface area contributed by atoms with Crippen LogP contribution in [0.2, 0.25) is 0 Å². The summed E-state index contributed by atoms with van der Waals surface area (Å²) in [5.74, 6) is 4.07. The molecule has 0 aliphatic heterocycles. The molecule has 0 unspecified atom stereocenters. The zero-order valence-corrected chi connectivity index (χ0v) is 16.7. The van der Waals surface area contributed by atoms with E-state index in [2.05, 4.69) is 26.8 Å². The molecule has 4 saturated carbocycles. The Hall–Kier alpha value is -1.10. The van der Waals surface area contributed by atoms with Gasteiger partial charge in [-0.25, -0.2) is 0 Å². The van der Waals surface area contributed by atoms with Gasteiger partial charge in [0.1, 0.15) is 0 Å². The van der Waals surface area contributed by atoms with E-state index in [1.165, 1.54) is 37.7 Å². The van der Waals surface area contributed by atoms with Crippen molar-refractivity contribution < 1.29 is 4.79 Å². The van der Waals surface area contributed by atoms with Crippen molar-refractivity contribution in [3.63, 3.8) is 0 Å². The maximum absolute atomic E-state index is 12.0. The highest BCUT2D eigenvalue weighted by Crippen LogP contribution is 2.77. The first kappa shape index (κ1) is 17.0. The smallest absolute Gasteiger partial charge is 0.155 e. The molecule has 5 rings (SSSR count). The lowest BCUT2D eigenvalue weighted by atomic mass is 9.44. The van der Waals surface area contributed by atoms with E-state index >= 15 is 0 Å². The van der Waals surface area contributed by atoms with Crippen LogP contribution in [0.4, 0.5) is 0 Å². The van der Waals surface area contributed by atoms with E-state index in [1.807, 2.05) is 6.08 Å². The molecule has 0 heterocycles. The first-order valence-corrected chi connectivity index (χ1v) is 11.1. The molecular weight excluding hydrogens is 318 g/mol. The van der Waals surface area contributed by atoms with E-state index in [4.69, 9.17) is 0 Å². The van der Waals surface area contributed by atoms with Gasteiger partial charge in [0, 0.05) is 6.42 Å². The first-order chi connectivity index (χ1) is 12.4. The Morgan fingerprint density at radius 2 is 1.85 bits per heavy atom. The average Bonchev–Trinajstić information content (AvgIpc) is 2.76. The molecule has 0 aromatic carbocycles. The summed E-state index contributed by atoms with van der Waals surface area (Å²) in [6, 6.07) is 2.91. The van der Waals surface area contributed by atoms with Gasteiger partial charge in [-0.1, -0.05) is 26.3 Å². The Labute approximate surface area is 158 Å². The van der Waals surface area contributed by atoms with Crippen LogP contribution < -0.4 is 0 Å². The Balaban J connectivity index is 1.57. The average molecular weight is 352 g/mol. The molecule has 140 valence electrons. The van der Waals surface area contributed by atoms with Crippen LogP contribution in [0, 0.1) is 57.2 Å². The Kier molecular flexibility index (Phi) is 3.43. The number of hydrogen-bond acceptors (Lipinski definition) is 2. The van der Waals surface area contributed by atoms with Crippen LogP contribution in [-0.2, 0) is 4.79 Å². The third kappa shape index (κ3) is 1.72. The van der Waals surface area contributed by atoms with Crippen LogP contribution in [0.15, 0.2) is 11.6 Å². The Bertz CT molecular complexity index is 731. The fourth-order valence-electron chi connectivity index (χ4n) is 9.07. The molecule has 2 heteroatoms. The number of ketones is 1. The summed E-state index contributed by atoms with van der Waals surface area (Å²) in [6.07, 6.45) is 12.4. The van der Waals surface area contributed by atoms with E-state index < -0.39 is 0 Å². The van der Waals surface area contributed by atoms with Crippen molar-refractivity contribution in [3.05, 3.63) is 11.6 Å². The third-order valence-corrected chi connectivity index (χ3v) is 10.4. The normalized spacial score (nSPS) is 54.8. The molecule has 4 fully saturated rings. The SMILES string of the molecule is CC[C@]1(C#N)[C@H]2CC[C@H]2[C@H]2[C@@H]3CCC4=CC(=O)CC[C@]4(C)[C@H]3CC[C@@]21C. The number of nitrogens with zero attached hydrogens (tertiary/aromatic N) is 1. The van der Waals surface area contributed by atoms with Gasteiger partial charge in [0.2, 0.25) is 0 Å². The summed E-state index contributed by atoms with van der Waals surface area (Å²) in [4.78, 5) is 12.0. The van der Waals surface area contributed by atoms with Gasteiger partial charge in [-0.05, 0) is 97.9 Å². The summed E-state index contributed by atoms with van der Waals surface area (Å²) in [5.41, 5.74) is 1.85. The van der Waals surface area contributed by atoms with Crippen LogP contribution in [-0.4, -0.2) is 5.78 Å². The Morgan fingerprint density at radius 3 is 2.50 bits per heavy atom. The number of carbonyl (C=O) groups is 1. The fraction of sp³-hybridized carbons (Fsp3) is 0.833. The molecule has 0 amide bonds. The van der Waals surface area contributed by atoms with E-state index in [9.17, 15) is 10.1 Å². The second-order valence-electron chi connectivity index (χ2n) is 10.6. The van der Waals surface area contributed by atoms with Crippen molar-refractivity contribution in [2.75, 3.05) is 0 Å². The molecule has 0 saturated heterocycles. The Morgan fingerprint density at radius 1 is 1.08 bits per heavy atom. The minimum Gasteiger partial charge on any atom is -0.295 e. The summed E-state index contributed by atoms with van der Waals surface area (Å²) in [5, 5.41) is 10.3. The topological polar surface area (TPSA) is 40.9 Å². The van der Waals surface area contributed by atoms with Crippen LogP contribution >= 0.6 is 0 Å². The molecule has 0 bridgehead atoms. The van der Waals surface area contributed by atoms with Gasteiger partial charge in [-0.3, -0.25) is 4.79 Å². The van der Waals surface area contributed by atoms with Crippen molar-refractivity contribution in [1.82, 2.24) is 0 Å². The maximum Gasteiger partial charge on any atom is 0.155 e. The van der Waals surface area contributed by atoms with Crippen molar-refractivity contribution in [1.29, 1.82) is 5.26 Å². The quantitative estimate of drug-likeness (QED) is 0.609. The molecule has 0 spiro atoms. The van der Waals surface area contributed by atoms with Crippen molar-refractivity contribution >= 4 is 5.78 Å². The highest BCUT2D eigenvalue weighted by molar-refractivity contribution is 5.91. The standard InChI is InChI=1S/C24H33NO/c1-4-24(14-25)20-8-7-18(20)21-17-6-5-15-13-16(26)9-11-22(15,2)19(17)10-12-23(21,24)3/h13,17-21H,4-12H2,1-3H3/t17-,18-,19+,20+,21-,22+,23+,24+/m1/s1. The minimum atomic E-state index is -0.0783. The predicted molar refractivity (Wildman–Crippen MR) is 102 cm³/mol. The molecule has 2 nitrogen and oxygen atoms in total. The van der Waals surface area contributed by atoms with Crippen LogP contribution in [0.5, 0.6) is 0 Å². The summed E-state index contributed by atoms with van der Waals surface area (Å²) in [6.45, 7) is 7.24. The predicted octanol–water partition coefficient (Wildman–Crippen LogP) is 5.68. The van der Waals surface area contributed by atoms with Crippen molar-refractivity contribution in [2.45, 2.75) is 78.6 Å². The lowest BCUT2D eigenvalue weighted by Gasteiger charge is -2.59. The second-order valence-corrected chi connectivity index (χ2v) is 10.6. The van der Waals surface area contributed by atoms with E-state index in [-0.39, 0.29) is 16.2 Å². The third-order valence-electron chi connectivity index (χ3n) is 10.4. The highest BCUT2D eigenvalue weighted by Gasteiger charge is 2.72. The molecule has 5 aliphatic rings. The highest BCUT2D eigenvalue weighted by atomic mass is 16.1. The largest absolute Gasteiger partial charge is 0.295 e. The van der Waals surface area contributed by atoms with E-state index in [0.29, 0.717) is 11.7 Å². The summed E-state index contributed by atoms with van der Waals surface area (Å²) >= 11 is 0. The number of allylic oxidation sites excluding steroid dienone is 1. The van der Waals surface area contributed by atoms with Gasteiger partial charge in [0.25, 0.3) is 0 Å². The van der Waals surface area contributed by atoms with Crippen LogP contribution in [0.3, 0.4) is 0 Å². The number of rotatable bonds is 1. The monoisotopic (exact) mass is 351 g/mol. The van der Waals surface area contributed by atoms with Crippen molar-refractivity contribution in [3.8, 4) is 6.07 Å². The summed E-state index contributed by atoms with van der Waals surface area (Å²) < 4.78 is 0. The van der Waals surface area contributed by atoms with Crippen molar-refractivity contribution in [2.24, 2.45) is 45.8 Å². The zero-order valence-electron chi connectivity index (χ0n) is 16.7. The molecule has 0 N–H and O–H groups in total. The molecular formula is C24H33NO. The first-order valence-electron chi connectivity index (χ1n) is 11.1. The molecule has 5 aliphatic carbocycles. The van der Waals surface area contributed by atoms with Gasteiger partial charge in [0.05, 0.1) is 11.5 Å². The number of hydrogen-bond donors (Lipinski definition) is 0. The van der Waals surface area contributed by atoms with E-state index in [1.54, 1.807) is 0 Å². The maximum atomic E-state index is 12.0. The van der Waals surface area contributed by atoms with Gasteiger partial charge in [0.15, 0.2) is 5.78 Å². The van der Waals surface area contributed by atoms with Gasteiger partial charge in [-0.15, -0.1) is 0 Å². The number of nitriles is 1. The van der Waals surface area contributed by atoms with E-state index in [0.717, 1.165) is 49.4 Å². The van der Waals surface area contributed by atoms with Gasteiger partial charge < -0.3 is 0 Å². The lowest BCUT2D eigenvalue weighted by Crippen LogP contribution is -2.53. The molecule has 26 heavy (non-hydrogen) atoms. The zero-order chi connectivity index (χ0) is 18.3. The summed E-state index contributed by atoms with van der Waals surface area (Å²) in [7, 11) is 0. The lowest BCUT2D eigenvalue weighted by molar-refractivity contribution is -0.118. The second kappa shape index (κ2) is 5.24.